The summed E-state index contributed by atoms with van der Waals surface area (Å²) in [5.41, 5.74) is 2.41. The van der Waals surface area contributed by atoms with Crippen LogP contribution in [0.2, 0.25) is 0 Å². The molecule has 3 nitrogen and oxygen atoms in total. The molecule has 1 amide bonds. The molecule has 1 aromatic carbocycles. The Bertz CT molecular complexity index is 426. The Morgan fingerprint density at radius 1 is 1.40 bits per heavy atom. The highest BCUT2D eigenvalue weighted by Gasteiger charge is 2.05. The third-order valence-electron chi connectivity index (χ3n) is 3.02. The van der Waals surface area contributed by atoms with Crippen molar-refractivity contribution in [3.63, 3.8) is 0 Å². The number of carbonyl (C=O) groups excluding carboxylic acids is 1. The third kappa shape index (κ3) is 7.27. The largest absolute Gasteiger partial charge is 0.355 e. The fourth-order valence-corrected chi connectivity index (χ4v) is 2.14. The van der Waals surface area contributed by atoms with Gasteiger partial charge in [-0.05, 0) is 44.0 Å². The lowest BCUT2D eigenvalue weighted by atomic mass is 10.1. The number of carbonyl (C=O) groups is 1. The maximum absolute atomic E-state index is 11.7. The predicted molar refractivity (Wildman–Crippen MR) is 90.6 cm³/mol. The average Bonchev–Trinajstić information content (AvgIpc) is 2.38. The van der Waals surface area contributed by atoms with Gasteiger partial charge in [-0.15, -0.1) is 12.4 Å². The fourth-order valence-electron chi connectivity index (χ4n) is 1.90. The molecule has 0 saturated carbocycles. The standard InChI is InChI=1S/C15H23BrN2O.ClH/c1-4-17-12(3)10-18-15(19)8-6-13-5-7-14(16)11(2)9-13;/h5,7,9,12,17H,4,6,8,10H2,1-3H3,(H,18,19);1H/t12-;/m1./s1. The highest BCUT2D eigenvalue weighted by atomic mass is 79.9. The minimum Gasteiger partial charge on any atom is -0.355 e. The van der Waals surface area contributed by atoms with Crippen molar-refractivity contribution < 1.29 is 4.79 Å². The van der Waals surface area contributed by atoms with Crippen LogP contribution in [0.15, 0.2) is 22.7 Å². The summed E-state index contributed by atoms with van der Waals surface area (Å²) in [5, 5.41) is 6.22. The molecule has 2 N–H and O–H groups in total. The van der Waals surface area contributed by atoms with E-state index < -0.39 is 0 Å². The van der Waals surface area contributed by atoms with Crippen molar-refractivity contribution in [2.45, 2.75) is 39.7 Å². The molecule has 20 heavy (non-hydrogen) atoms. The van der Waals surface area contributed by atoms with E-state index in [0.717, 1.165) is 17.4 Å². The minimum absolute atomic E-state index is 0. The lowest BCUT2D eigenvalue weighted by molar-refractivity contribution is -0.121. The fraction of sp³-hybridized carbons (Fsp3) is 0.533. The van der Waals surface area contributed by atoms with Crippen LogP contribution < -0.4 is 10.6 Å². The van der Waals surface area contributed by atoms with E-state index in [-0.39, 0.29) is 18.3 Å². The third-order valence-corrected chi connectivity index (χ3v) is 3.91. The van der Waals surface area contributed by atoms with E-state index in [1.54, 1.807) is 0 Å². The van der Waals surface area contributed by atoms with Crippen LogP contribution >= 0.6 is 28.3 Å². The molecule has 0 fully saturated rings. The number of likely N-dealkylation sites (N-methyl/N-ethyl adjacent to an activating group) is 1. The van der Waals surface area contributed by atoms with Gasteiger partial charge in [-0.2, -0.15) is 0 Å². The van der Waals surface area contributed by atoms with Gasteiger partial charge in [0.25, 0.3) is 0 Å². The number of nitrogens with one attached hydrogen (secondary N) is 2. The number of amides is 1. The molecule has 0 saturated heterocycles. The van der Waals surface area contributed by atoms with Gasteiger partial charge in [-0.3, -0.25) is 4.79 Å². The average molecular weight is 364 g/mol. The van der Waals surface area contributed by atoms with Gasteiger partial charge in [0.15, 0.2) is 0 Å². The van der Waals surface area contributed by atoms with Crippen molar-refractivity contribution in [2.75, 3.05) is 13.1 Å². The van der Waals surface area contributed by atoms with Gasteiger partial charge in [0.2, 0.25) is 5.91 Å². The molecule has 0 aromatic heterocycles. The molecule has 0 aliphatic carbocycles. The molecule has 0 heterocycles. The second-order valence-corrected chi connectivity index (χ2v) is 5.70. The zero-order valence-electron chi connectivity index (χ0n) is 12.3. The van der Waals surface area contributed by atoms with Gasteiger partial charge in [0.05, 0.1) is 0 Å². The topological polar surface area (TPSA) is 41.1 Å². The Hall–Kier alpha value is -0.580. The molecule has 0 spiro atoms. The van der Waals surface area contributed by atoms with E-state index >= 15 is 0 Å². The minimum atomic E-state index is 0. The van der Waals surface area contributed by atoms with Gasteiger partial charge < -0.3 is 10.6 Å². The summed E-state index contributed by atoms with van der Waals surface area (Å²) >= 11 is 3.48. The number of hydrogen-bond donors (Lipinski definition) is 2. The first-order chi connectivity index (χ1) is 9.02. The van der Waals surface area contributed by atoms with Gasteiger partial charge in [0, 0.05) is 23.5 Å². The lowest BCUT2D eigenvalue weighted by Gasteiger charge is -2.13. The first-order valence-electron chi connectivity index (χ1n) is 6.78. The van der Waals surface area contributed by atoms with Crippen molar-refractivity contribution in [1.82, 2.24) is 10.6 Å². The summed E-state index contributed by atoms with van der Waals surface area (Å²) < 4.78 is 1.11. The molecule has 1 atom stereocenters. The molecule has 0 unspecified atom stereocenters. The van der Waals surface area contributed by atoms with E-state index in [1.807, 2.05) is 6.07 Å². The molecular weight excluding hydrogens is 340 g/mol. The SMILES string of the molecule is CCN[C@H](C)CNC(=O)CCc1ccc(Br)c(C)c1.Cl. The van der Waals surface area contributed by atoms with Gasteiger partial charge in [-0.1, -0.05) is 35.0 Å². The Balaban J connectivity index is 0.00000361. The van der Waals surface area contributed by atoms with Crippen molar-refractivity contribution in [3.05, 3.63) is 33.8 Å². The Morgan fingerprint density at radius 3 is 2.70 bits per heavy atom. The Labute approximate surface area is 136 Å². The predicted octanol–water partition coefficient (Wildman–Crippen LogP) is 3.23. The van der Waals surface area contributed by atoms with Gasteiger partial charge in [-0.25, -0.2) is 0 Å². The number of hydrogen-bond acceptors (Lipinski definition) is 2. The van der Waals surface area contributed by atoms with Gasteiger partial charge in [0.1, 0.15) is 0 Å². The van der Waals surface area contributed by atoms with Crippen LogP contribution in [-0.4, -0.2) is 25.0 Å². The first-order valence-corrected chi connectivity index (χ1v) is 7.57. The van der Waals surface area contributed by atoms with Crippen molar-refractivity contribution in [1.29, 1.82) is 0 Å². The van der Waals surface area contributed by atoms with E-state index in [9.17, 15) is 4.79 Å². The molecule has 0 bridgehead atoms. The van der Waals surface area contributed by atoms with E-state index in [4.69, 9.17) is 0 Å². The zero-order chi connectivity index (χ0) is 14.3. The second-order valence-electron chi connectivity index (χ2n) is 4.85. The van der Waals surface area contributed by atoms with Crippen LogP contribution in [0.3, 0.4) is 0 Å². The maximum atomic E-state index is 11.7. The Kier molecular flexibility index (Phi) is 9.90. The van der Waals surface area contributed by atoms with Crippen LogP contribution in [0.4, 0.5) is 0 Å². The summed E-state index contributed by atoms with van der Waals surface area (Å²) in [6, 6.07) is 6.55. The zero-order valence-corrected chi connectivity index (χ0v) is 14.7. The summed E-state index contributed by atoms with van der Waals surface area (Å²) in [6.45, 7) is 7.81. The number of benzene rings is 1. The van der Waals surface area contributed by atoms with Crippen LogP contribution in [0.5, 0.6) is 0 Å². The quantitative estimate of drug-likeness (QED) is 0.781. The second kappa shape index (κ2) is 10.2. The monoisotopic (exact) mass is 362 g/mol. The number of rotatable bonds is 7. The van der Waals surface area contributed by atoms with Crippen molar-refractivity contribution >= 4 is 34.2 Å². The van der Waals surface area contributed by atoms with Crippen molar-refractivity contribution in [2.24, 2.45) is 0 Å². The molecule has 0 radical (unpaired) electrons. The highest BCUT2D eigenvalue weighted by molar-refractivity contribution is 9.10. The number of halogens is 2. The van der Waals surface area contributed by atoms with Crippen LogP contribution in [0.25, 0.3) is 0 Å². The van der Waals surface area contributed by atoms with E-state index in [2.05, 4.69) is 59.5 Å². The number of aryl methyl sites for hydroxylation is 2. The molecular formula is C15H24BrClN2O. The van der Waals surface area contributed by atoms with Crippen molar-refractivity contribution in [3.8, 4) is 0 Å². The molecule has 0 aliphatic heterocycles. The Morgan fingerprint density at radius 2 is 2.10 bits per heavy atom. The van der Waals surface area contributed by atoms with Crippen LogP contribution in [-0.2, 0) is 11.2 Å². The molecule has 0 aliphatic rings. The first kappa shape index (κ1) is 19.4. The summed E-state index contributed by atoms with van der Waals surface area (Å²) in [7, 11) is 0. The van der Waals surface area contributed by atoms with E-state index in [0.29, 0.717) is 19.0 Å². The highest BCUT2D eigenvalue weighted by Crippen LogP contribution is 2.17. The van der Waals surface area contributed by atoms with Gasteiger partial charge >= 0.3 is 0 Å². The maximum Gasteiger partial charge on any atom is 0.220 e. The smallest absolute Gasteiger partial charge is 0.220 e. The lowest BCUT2D eigenvalue weighted by Crippen LogP contribution is -2.38. The van der Waals surface area contributed by atoms with Crippen LogP contribution in [0.1, 0.15) is 31.4 Å². The molecule has 5 heteroatoms. The summed E-state index contributed by atoms with van der Waals surface area (Å²) in [6.07, 6.45) is 1.33. The summed E-state index contributed by atoms with van der Waals surface area (Å²) in [5.74, 6) is 0.116. The van der Waals surface area contributed by atoms with Crippen LogP contribution in [0, 0.1) is 6.92 Å². The molecule has 114 valence electrons. The molecule has 1 aromatic rings. The molecule has 1 rings (SSSR count). The summed E-state index contributed by atoms with van der Waals surface area (Å²) in [4.78, 5) is 11.7. The normalized spacial score (nSPS) is 11.6. The van der Waals surface area contributed by atoms with E-state index in [1.165, 1.54) is 11.1 Å².